The van der Waals surface area contributed by atoms with E-state index >= 15 is 0 Å². The molecule has 1 aliphatic heterocycles. The molecule has 1 amide bonds. The second kappa shape index (κ2) is 10.4. The normalized spacial score (nSPS) is 14.9. The van der Waals surface area contributed by atoms with Crippen molar-refractivity contribution >= 4 is 33.2 Å². The van der Waals surface area contributed by atoms with E-state index in [0.717, 1.165) is 25.7 Å². The zero-order valence-electron chi connectivity index (χ0n) is 18.0. The van der Waals surface area contributed by atoms with Gasteiger partial charge in [0.15, 0.2) is 0 Å². The number of carbonyl (C=O) groups excluding carboxylic acids is 1. The molecule has 0 atom stereocenters. The van der Waals surface area contributed by atoms with Crippen LogP contribution in [0.1, 0.15) is 36.0 Å². The lowest BCUT2D eigenvalue weighted by Gasteiger charge is -2.21. The van der Waals surface area contributed by atoms with Crippen molar-refractivity contribution in [2.75, 3.05) is 18.4 Å². The minimum Gasteiger partial charge on any atom is -0.457 e. The van der Waals surface area contributed by atoms with Crippen LogP contribution in [0.4, 0.5) is 5.69 Å². The van der Waals surface area contributed by atoms with Gasteiger partial charge in [-0.1, -0.05) is 42.6 Å². The van der Waals surface area contributed by atoms with Gasteiger partial charge in [-0.25, -0.2) is 8.42 Å². The average molecular weight is 485 g/mol. The minimum atomic E-state index is -3.78. The minimum absolute atomic E-state index is 0.0367. The molecule has 0 aliphatic carbocycles. The summed E-state index contributed by atoms with van der Waals surface area (Å²) in [6, 6.07) is 20.7. The number of para-hydroxylation sites is 1. The molecule has 1 aliphatic rings. The van der Waals surface area contributed by atoms with E-state index in [-0.39, 0.29) is 15.5 Å². The summed E-state index contributed by atoms with van der Waals surface area (Å²) in [7, 11) is -3.78. The Labute approximate surface area is 199 Å². The highest BCUT2D eigenvalue weighted by Crippen LogP contribution is 2.28. The standard InChI is InChI=1S/C25H25ClN2O4S/c26-23-15-10-19(18-24(23)33(30,31)28-16-6-1-2-7-17-28)25(29)27-20-11-13-22(14-12-20)32-21-8-4-3-5-9-21/h3-5,8-15,18H,1-2,6-7,16-17H2,(H,27,29). The summed E-state index contributed by atoms with van der Waals surface area (Å²) in [6.07, 6.45) is 3.66. The van der Waals surface area contributed by atoms with Gasteiger partial charge in [0.1, 0.15) is 16.4 Å². The Hall–Kier alpha value is -2.87. The first kappa shape index (κ1) is 23.3. The topological polar surface area (TPSA) is 75.7 Å². The number of ether oxygens (including phenoxy) is 1. The molecule has 1 saturated heterocycles. The summed E-state index contributed by atoms with van der Waals surface area (Å²) < 4.78 is 33.6. The number of benzene rings is 3. The fourth-order valence-corrected chi connectivity index (χ4v) is 5.72. The van der Waals surface area contributed by atoms with E-state index in [1.165, 1.54) is 22.5 Å². The lowest BCUT2D eigenvalue weighted by Crippen LogP contribution is -2.32. The first-order valence-electron chi connectivity index (χ1n) is 10.9. The Balaban J connectivity index is 1.48. The summed E-state index contributed by atoms with van der Waals surface area (Å²) in [6.45, 7) is 0.930. The molecule has 1 N–H and O–H groups in total. The van der Waals surface area contributed by atoms with Gasteiger partial charge in [0, 0.05) is 24.3 Å². The molecule has 1 fully saturated rings. The van der Waals surface area contributed by atoms with E-state index in [1.807, 2.05) is 30.3 Å². The number of anilines is 1. The summed E-state index contributed by atoms with van der Waals surface area (Å²) in [5.74, 6) is 0.931. The van der Waals surface area contributed by atoms with Crippen molar-refractivity contribution in [2.24, 2.45) is 0 Å². The SMILES string of the molecule is O=C(Nc1ccc(Oc2ccccc2)cc1)c1ccc(Cl)c(S(=O)(=O)N2CCCCCC2)c1. The van der Waals surface area contributed by atoms with Gasteiger partial charge in [-0.15, -0.1) is 0 Å². The highest BCUT2D eigenvalue weighted by atomic mass is 35.5. The molecule has 3 aromatic rings. The highest BCUT2D eigenvalue weighted by Gasteiger charge is 2.28. The number of hydrogen-bond donors (Lipinski definition) is 1. The number of rotatable bonds is 6. The number of halogens is 1. The summed E-state index contributed by atoms with van der Waals surface area (Å²) in [5, 5.41) is 2.90. The van der Waals surface area contributed by atoms with Gasteiger partial charge in [0.25, 0.3) is 5.91 Å². The van der Waals surface area contributed by atoms with Crippen LogP contribution in [0, 0.1) is 0 Å². The fourth-order valence-electron chi connectivity index (χ4n) is 3.70. The Morgan fingerprint density at radius 2 is 1.48 bits per heavy atom. The van der Waals surface area contributed by atoms with E-state index in [4.69, 9.17) is 16.3 Å². The molecule has 0 bridgehead atoms. The summed E-state index contributed by atoms with van der Waals surface area (Å²) in [4.78, 5) is 12.8. The Bertz CT molecular complexity index is 1210. The first-order chi connectivity index (χ1) is 15.9. The lowest BCUT2D eigenvalue weighted by molar-refractivity contribution is 0.102. The zero-order chi connectivity index (χ0) is 23.3. The molecule has 0 unspecified atom stereocenters. The van der Waals surface area contributed by atoms with Gasteiger partial charge in [0.2, 0.25) is 10.0 Å². The van der Waals surface area contributed by atoms with Crippen LogP contribution < -0.4 is 10.1 Å². The number of nitrogens with zero attached hydrogens (tertiary/aromatic N) is 1. The molecule has 1 heterocycles. The average Bonchev–Trinajstić information content (AvgIpc) is 3.11. The van der Waals surface area contributed by atoms with Gasteiger partial charge in [-0.05, 0) is 67.4 Å². The van der Waals surface area contributed by atoms with Crippen LogP contribution in [-0.4, -0.2) is 31.7 Å². The third-order valence-corrected chi connectivity index (χ3v) is 7.85. The van der Waals surface area contributed by atoms with Crippen molar-refractivity contribution in [3.63, 3.8) is 0 Å². The van der Waals surface area contributed by atoms with Crippen molar-refractivity contribution < 1.29 is 17.9 Å². The van der Waals surface area contributed by atoms with Crippen LogP contribution in [0.5, 0.6) is 11.5 Å². The molecule has 172 valence electrons. The maximum Gasteiger partial charge on any atom is 0.255 e. The Morgan fingerprint density at radius 3 is 2.15 bits per heavy atom. The second-order valence-corrected chi connectivity index (χ2v) is 10.2. The second-order valence-electron chi connectivity index (χ2n) is 7.86. The van der Waals surface area contributed by atoms with E-state index in [9.17, 15) is 13.2 Å². The lowest BCUT2D eigenvalue weighted by atomic mass is 10.2. The zero-order valence-corrected chi connectivity index (χ0v) is 19.6. The fraction of sp³-hybridized carbons (Fsp3) is 0.240. The molecular weight excluding hydrogens is 460 g/mol. The van der Waals surface area contributed by atoms with E-state index in [2.05, 4.69) is 5.32 Å². The maximum atomic E-state index is 13.2. The Morgan fingerprint density at radius 1 is 0.848 bits per heavy atom. The van der Waals surface area contributed by atoms with Crippen molar-refractivity contribution in [1.29, 1.82) is 0 Å². The van der Waals surface area contributed by atoms with Crippen molar-refractivity contribution in [1.82, 2.24) is 4.31 Å². The summed E-state index contributed by atoms with van der Waals surface area (Å²) in [5.41, 5.74) is 0.782. The third-order valence-electron chi connectivity index (χ3n) is 5.47. The van der Waals surface area contributed by atoms with Crippen LogP contribution >= 0.6 is 11.6 Å². The number of amides is 1. The molecular formula is C25H25ClN2O4S. The molecule has 6 nitrogen and oxygen atoms in total. The van der Waals surface area contributed by atoms with Gasteiger partial charge in [-0.3, -0.25) is 4.79 Å². The van der Waals surface area contributed by atoms with Crippen molar-refractivity contribution in [2.45, 2.75) is 30.6 Å². The quantitative estimate of drug-likeness (QED) is 0.469. The molecule has 4 rings (SSSR count). The molecule has 0 aromatic heterocycles. The van der Waals surface area contributed by atoms with Gasteiger partial charge in [0.05, 0.1) is 5.02 Å². The van der Waals surface area contributed by atoms with Gasteiger partial charge >= 0.3 is 0 Å². The van der Waals surface area contributed by atoms with E-state index < -0.39 is 15.9 Å². The van der Waals surface area contributed by atoms with Crippen LogP contribution in [0.2, 0.25) is 5.02 Å². The molecule has 0 spiro atoms. The third kappa shape index (κ3) is 5.74. The van der Waals surface area contributed by atoms with Crippen molar-refractivity contribution in [3.05, 3.63) is 83.4 Å². The summed E-state index contributed by atoms with van der Waals surface area (Å²) >= 11 is 6.24. The predicted molar refractivity (Wildman–Crippen MR) is 130 cm³/mol. The number of sulfonamides is 1. The van der Waals surface area contributed by atoms with Crippen LogP contribution in [0.3, 0.4) is 0 Å². The molecule has 0 radical (unpaired) electrons. The van der Waals surface area contributed by atoms with Crippen LogP contribution in [0.25, 0.3) is 0 Å². The van der Waals surface area contributed by atoms with Gasteiger partial charge in [-0.2, -0.15) is 4.31 Å². The number of hydrogen-bond acceptors (Lipinski definition) is 4. The van der Waals surface area contributed by atoms with Crippen LogP contribution in [-0.2, 0) is 10.0 Å². The monoisotopic (exact) mass is 484 g/mol. The predicted octanol–water partition coefficient (Wildman–Crippen LogP) is 5.95. The molecule has 0 saturated carbocycles. The Kier molecular flexibility index (Phi) is 7.33. The molecule has 3 aromatic carbocycles. The largest absolute Gasteiger partial charge is 0.457 e. The van der Waals surface area contributed by atoms with Crippen molar-refractivity contribution in [3.8, 4) is 11.5 Å². The molecule has 8 heteroatoms. The van der Waals surface area contributed by atoms with E-state index in [1.54, 1.807) is 24.3 Å². The smallest absolute Gasteiger partial charge is 0.255 e. The maximum absolute atomic E-state index is 13.2. The first-order valence-corrected chi connectivity index (χ1v) is 12.7. The van der Waals surface area contributed by atoms with Gasteiger partial charge < -0.3 is 10.1 Å². The van der Waals surface area contributed by atoms with E-state index in [0.29, 0.717) is 30.3 Å². The number of nitrogens with one attached hydrogen (secondary N) is 1. The molecule has 33 heavy (non-hydrogen) atoms. The highest BCUT2D eigenvalue weighted by molar-refractivity contribution is 7.89. The van der Waals surface area contributed by atoms with Crippen LogP contribution in [0.15, 0.2) is 77.7 Å². The number of carbonyl (C=O) groups is 1.